The highest BCUT2D eigenvalue weighted by Gasteiger charge is 2.28. The Kier molecular flexibility index (Phi) is 7.50. The zero-order valence-corrected chi connectivity index (χ0v) is 19.2. The van der Waals surface area contributed by atoms with Gasteiger partial charge in [0.1, 0.15) is 11.6 Å². The topological polar surface area (TPSA) is 91.5 Å². The lowest BCUT2D eigenvalue weighted by atomic mass is 9.86. The molecule has 166 valence electrons. The Balaban J connectivity index is 1.92. The summed E-state index contributed by atoms with van der Waals surface area (Å²) >= 11 is 0. The lowest BCUT2D eigenvalue weighted by Gasteiger charge is -2.29. The molecule has 2 unspecified atom stereocenters. The molecule has 0 saturated carbocycles. The summed E-state index contributed by atoms with van der Waals surface area (Å²) in [5.74, 6) is 0.151. The molecule has 0 radical (unpaired) electrons. The zero-order valence-electron chi connectivity index (χ0n) is 19.2. The minimum atomic E-state index is -0.616. The fraction of sp³-hybridized carbons (Fsp3) is 0.609. The van der Waals surface area contributed by atoms with Crippen LogP contribution < -0.4 is 5.32 Å². The summed E-state index contributed by atoms with van der Waals surface area (Å²) in [5, 5.41) is 2.98. The van der Waals surface area contributed by atoms with Gasteiger partial charge in [0.25, 0.3) is 0 Å². The molecule has 30 heavy (non-hydrogen) atoms. The maximum absolute atomic E-state index is 12.5. The molecule has 0 bridgehead atoms. The Labute approximate surface area is 179 Å². The van der Waals surface area contributed by atoms with E-state index in [2.05, 4.69) is 17.2 Å². The fourth-order valence-electron chi connectivity index (χ4n) is 3.57. The second-order valence-corrected chi connectivity index (χ2v) is 9.19. The average molecular weight is 418 g/mol. The van der Waals surface area contributed by atoms with Crippen molar-refractivity contribution in [2.75, 3.05) is 13.6 Å². The number of carbonyl (C=O) groups is 3. The highest BCUT2D eigenvalue weighted by molar-refractivity contribution is 5.91. The molecule has 0 aliphatic heterocycles. The van der Waals surface area contributed by atoms with Gasteiger partial charge >= 0.3 is 6.09 Å². The third kappa shape index (κ3) is 6.21. The molecule has 1 aliphatic carbocycles. The van der Waals surface area contributed by atoms with Crippen LogP contribution in [0.25, 0.3) is 6.08 Å². The third-order valence-corrected chi connectivity index (χ3v) is 5.49. The molecule has 1 aliphatic rings. The smallest absolute Gasteiger partial charge is 0.410 e. The largest absolute Gasteiger partial charge is 0.444 e. The molecule has 2 rings (SSSR count). The SMILES string of the molecule is CC(=O)/C=C\c1[nH]c2c(c1C)CCC(CNC(=O)C(C)N(C)C(=O)OC(C)(C)C)C2. The second kappa shape index (κ2) is 9.49. The lowest BCUT2D eigenvalue weighted by molar-refractivity contribution is -0.125. The molecule has 7 heteroatoms. The molecule has 2 atom stereocenters. The number of H-pyrrole nitrogens is 1. The predicted molar refractivity (Wildman–Crippen MR) is 117 cm³/mol. The number of amides is 2. The number of likely N-dealkylation sites (N-methyl/N-ethyl adjacent to an activating group) is 1. The molecule has 1 heterocycles. The number of aromatic amines is 1. The van der Waals surface area contributed by atoms with Crippen LogP contribution in [0.5, 0.6) is 0 Å². The summed E-state index contributed by atoms with van der Waals surface area (Å²) in [6, 6.07) is -0.616. The van der Waals surface area contributed by atoms with E-state index in [1.807, 2.05) is 6.08 Å². The molecule has 0 saturated heterocycles. The quantitative estimate of drug-likeness (QED) is 0.694. The van der Waals surface area contributed by atoms with Crippen molar-refractivity contribution in [3.63, 3.8) is 0 Å². The van der Waals surface area contributed by atoms with Gasteiger partial charge in [0, 0.05) is 25.0 Å². The maximum Gasteiger partial charge on any atom is 0.410 e. The van der Waals surface area contributed by atoms with Crippen molar-refractivity contribution in [3.05, 3.63) is 28.6 Å². The Morgan fingerprint density at radius 1 is 1.33 bits per heavy atom. The Bertz CT molecular complexity index is 832. The van der Waals surface area contributed by atoms with Crippen molar-refractivity contribution in [2.24, 2.45) is 5.92 Å². The summed E-state index contributed by atoms with van der Waals surface area (Å²) in [4.78, 5) is 40.7. The summed E-state index contributed by atoms with van der Waals surface area (Å²) < 4.78 is 5.33. The van der Waals surface area contributed by atoms with Crippen LogP contribution in [0.15, 0.2) is 6.08 Å². The van der Waals surface area contributed by atoms with Gasteiger partial charge in [-0.25, -0.2) is 4.79 Å². The highest BCUT2D eigenvalue weighted by Crippen LogP contribution is 2.30. The van der Waals surface area contributed by atoms with Crippen LogP contribution in [-0.2, 0) is 27.2 Å². The van der Waals surface area contributed by atoms with E-state index in [0.29, 0.717) is 12.5 Å². The van der Waals surface area contributed by atoms with Crippen LogP contribution in [0.3, 0.4) is 0 Å². The summed E-state index contributed by atoms with van der Waals surface area (Å²) in [7, 11) is 1.57. The second-order valence-electron chi connectivity index (χ2n) is 9.19. The molecule has 0 aromatic carbocycles. The predicted octanol–water partition coefficient (Wildman–Crippen LogP) is 3.40. The van der Waals surface area contributed by atoms with Gasteiger partial charge in [-0.2, -0.15) is 0 Å². The molecule has 1 aromatic heterocycles. The normalized spacial score (nSPS) is 17.4. The first-order valence-corrected chi connectivity index (χ1v) is 10.5. The molecule has 2 amide bonds. The zero-order chi connectivity index (χ0) is 22.6. The van der Waals surface area contributed by atoms with E-state index < -0.39 is 17.7 Å². The first kappa shape index (κ1) is 23.7. The summed E-state index contributed by atoms with van der Waals surface area (Å²) in [6.07, 6.45) is 5.67. The number of aromatic nitrogens is 1. The number of fused-ring (bicyclic) bond motifs is 1. The van der Waals surface area contributed by atoms with Crippen molar-refractivity contribution < 1.29 is 19.1 Å². The van der Waals surface area contributed by atoms with Crippen molar-refractivity contribution in [1.82, 2.24) is 15.2 Å². The number of nitrogens with zero attached hydrogens (tertiary/aromatic N) is 1. The minimum Gasteiger partial charge on any atom is -0.444 e. The van der Waals surface area contributed by atoms with Crippen molar-refractivity contribution in [3.8, 4) is 0 Å². The number of carbonyl (C=O) groups excluding carboxylic acids is 3. The lowest BCUT2D eigenvalue weighted by Crippen LogP contribution is -2.48. The number of rotatable bonds is 6. The standard InChI is InChI=1S/C23H35N3O4/c1-14(27)8-11-19-15(2)18-10-9-17(12-20(18)25-19)13-24-21(28)16(3)26(7)22(29)30-23(4,5)6/h8,11,16-17,25H,9-10,12-13H2,1-7H3,(H,24,28)/b11-8-. The van der Waals surface area contributed by atoms with E-state index in [1.165, 1.54) is 28.6 Å². The van der Waals surface area contributed by atoms with E-state index in [0.717, 1.165) is 25.0 Å². The molecular weight excluding hydrogens is 382 g/mol. The third-order valence-electron chi connectivity index (χ3n) is 5.49. The van der Waals surface area contributed by atoms with Crippen LogP contribution >= 0.6 is 0 Å². The van der Waals surface area contributed by atoms with Crippen molar-refractivity contribution in [2.45, 2.75) is 72.4 Å². The van der Waals surface area contributed by atoms with Gasteiger partial charge in [-0.15, -0.1) is 0 Å². The first-order valence-electron chi connectivity index (χ1n) is 10.5. The Morgan fingerprint density at radius 3 is 2.60 bits per heavy atom. The van der Waals surface area contributed by atoms with Crippen LogP contribution in [0, 0.1) is 12.8 Å². The van der Waals surface area contributed by atoms with Gasteiger partial charge in [0.2, 0.25) is 5.91 Å². The summed E-state index contributed by atoms with van der Waals surface area (Å²) in [5.41, 5.74) is 4.07. The van der Waals surface area contributed by atoms with Crippen LogP contribution in [0.4, 0.5) is 4.79 Å². The number of nitrogens with one attached hydrogen (secondary N) is 2. The molecule has 7 nitrogen and oxygen atoms in total. The van der Waals surface area contributed by atoms with E-state index >= 15 is 0 Å². The summed E-state index contributed by atoms with van der Waals surface area (Å²) in [6.45, 7) is 11.3. The Morgan fingerprint density at radius 2 is 2.00 bits per heavy atom. The fourth-order valence-corrected chi connectivity index (χ4v) is 3.57. The number of ketones is 1. The van der Waals surface area contributed by atoms with Crippen LogP contribution in [0.1, 0.15) is 63.6 Å². The molecular formula is C23H35N3O4. The van der Waals surface area contributed by atoms with Crippen molar-refractivity contribution in [1.29, 1.82) is 0 Å². The first-order chi connectivity index (χ1) is 13.9. The van der Waals surface area contributed by atoms with Gasteiger partial charge in [0.05, 0.1) is 0 Å². The number of hydrogen-bond acceptors (Lipinski definition) is 4. The highest BCUT2D eigenvalue weighted by atomic mass is 16.6. The molecule has 2 N–H and O–H groups in total. The van der Waals surface area contributed by atoms with Gasteiger partial charge in [-0.3, -0.25) is 14.5 Å². The van der Waals surface area contributed by atoms with Gasteiger partial charge < -0.3 is 15.0 Å². The van der Waals surface area contributed by atoms with Crippen LogP contribution in [-0.4, -0.2) is 52.9 Å². The van der Waals surface area contributed by atoms with Crippen molar-refractivity contribution >= 4 is 23.9 Å². The van der Waals surface area contributed by atoms with E-state index in [-0.39, 0.29) is 11.7 Å². The van der Waals surface area contributed by atoms with E-state index in [4.69, 9.17) is 4.74 Å². The van der Waals surface area contributed by atoms with Gasteiger partial charge in [-0.1, -0.05) is 0 Å². The number of ether oxygens (including phenoxy) is 1. The monoisotopic (exact) mass is 417 g/mol. The molecule has 0 spiro atoms. The van der Waals surface area contributed by atoms with Crippen LogP contribution in [0.2, 0.25) is 0 Å². The van der Waals surface area contributed by atoms with E-state index in [1.54, 1.807) is 40.8 Å². The minimum absolute atomic E-state index is 0.0213. The number of hydrogen-bond donors (Lipinski definition) is 2. The van der Waals surface area contributed by atoms with Gasteiger partial charge in [0.15, 0.2) is 5.78 Å². The number of allylic oxidation sites excluding steroid dienone is 1. The average Bonchev–Trinajstić information content (AvgIpc) is 2.97. The Hall–Kier alpha value is -2.57. The maximum atomic E-state index is 12.5. The molecule has 1 aromatic rings. The van der Waals surface area contributed by atoms with E-state index in [9.17, 15) is 14.4 Å². The van der Waals surface area contributed by atoms with Gasteiger partial charge in [-0.05, 0) is 90.0 Å². The molecule has 0 fully saturated rings.